The van der Waals surface area contributed by atoms with Gasteiger partial charge >= 0.3 is 0 Å². The quantitative estimate of drug-likeness (QED) is 0.757. The van der Waals surface area contributed by atoms with Crippen molar-refractivity contribution >= 4 is 31.3 Å². The summed E-state index contributed by atoms with van der Waals surface area (Å²) in [7, 11) is 2.87. The standard InChI is InChI=1S/C9H14Cl2N2O3S/c1-3-4-5-13-9(10)8(17(11,14)15)7(12-13)6-16-2/h3-6H2,1-2H3. The fraction of sp³-hybridized carbons (Fsp3) is 0.667. The summed E-state index contributed by atoms with van der Waals surface area (Å²) in [5.74, 6) is 0. The minimum atomic E-state index is -3.91. The maximum Gasteiger partial charge on any atom is 0.266 e. The van der Waals surface area contributed by atoms with Crippen molar-refractivity contribution in [3.05, 3.63) is 10.8 Å². The van der Waals surface area contributed by atoms with E-state index in [1.165, 1.54) is 11.8 Å². The zero-order chi connectivity index (χ0) is 13.1. The molecule has 98 valence electrons. The SMILES string of the molecule is CCCCn1nc(COC)c(S(=O)(=O)Cl)c1Cl. The second-order valence-corrected chi connectivity index (χ2v) is 6.37. The number of ether oxygens (including phenoxy) is 1. The predicted molar refractivity (Wildman–Crippen MR) is 65.9 cm³/mol. The van der Waals surface area contributed by atoms with Crippen LogP contribution >= 0.6 is 22.3 Å². The number of nitrogens with zero attached hydrogens (tertiary/aromatic N) is 2. The summed E-state index contributed by atoms with van der Waals surface area (Å²) in [5.41, 5.74) is 0.239. The summed E-state index contributed by atoms with van der Waals surface area (Å²) in [6.45, 7) is 2.63. The molecule has 0 aliphatic rings. The van der Waals surface area contributed by atoms with Crippen LogP contribution in [0.3, 0.4) is 0 Å². The highest BCUT2D eigenvalue weighted by molar-refractivity contribution is 8.13. The van der Waals surface area contributed by atoms with Crippen molar-refractivity contribution in [1.82, 2.24) is 9.78 Å². The Hall–Kier alpha value is -0.300. The number of rotatable bonds is 6. The second-order valence-electron chi connectivity index (χ2n) is 3.51. The van der Waals surface area contributed by atoms with Gasteiger partial charge in [-0.3, -0.25) is 4.68 Å². The number of aryl methyl sites for hydroxylation is 1. The van der Waals surface area contributed by atoms with Crippen LogP contribution in [0.15, 0.2) is 4.90 Å². The average molecular weight is 301 g/mol. The predicted octanol–water partition coefficient (Wildman–Crippen LogP) is 2.41. The van der Waals surface area contributed by atoms with Crippen molar-refractivity contribution in [2.45, 2.75) is 37.8 Å². The molecular weight excluding hydrogens is 287 g/mol. The normalized spacial score (nSPS) is 12.0. The van der Waals surface area contributed by atoms with Crippen LogP contribution in [0, 0.1) is 0 Å². The van der Waals surface area contributed by atoms with E-state index in [0.29, 0.717) is 6.54 Å². The number of unbranched alkanes of at least 4 members (excludes halogenated alkanes) is 1. The van der Waals surface area contributed by atoms with E-state index < -0.39 is 9.05 Å². The lowest BCUT2D eigenvalue weighted by molar-refractivity contribution is 0.178. The van der Waals surface area contributed by atoms with Gasteiger partial charge < -0.3 is 4.74 Å². The maximum absolute atomic E-state index is 11.4. The van der Waals surface area contributed by atoms with Crippen molar-refractivity contribution in [3.8, 4) is 0 Å². The van der Waals surface area contributed by atoms with Crippen LogP contribution in [0.4, 0.5) is 0 Å². The minimum absolute atomic E-state index is 0.0421. The van der Waals surface area contributed by atoms with Gasteiger partial charge in [0.15, 0.2) is 0 Å². The molecule has 0 fully saturated rings. The molecule has 5 nitrogen and oxygen atoms in total. The van der Waals surface area contributed by atoms with Crippen LogP contribution in [0.25, 0.3) is 0 Å². The molecule has 0 saturated heterocycles. The summed E-state index contributed by atoms with van der Waals surface area (Å²) in [6, 6.07) is 0. The van der Waals surface area contributed by atoms with Gasteiger partial charge in [-0.1, -0.05) is 24.9 Å². The molecule has 8 heteroatoms. The molecule has 1 aromatic rings. The Kier molecular flexibility index (Phi) is 5.24. The molecule has 1 aromatic heterocycles. The molecular formula is C9H14Cl2N2O3S. The first kappa shape index (κ1) is 14.8. The van der Waals surface area contributed by atoms with E-state index in [1.807, 2.05) is 6.92 Å². The molecule has 1 heterocycles. The topological polar surface area (TPSA) is 61.2 Å². The summed E-state index contributed by atoms with van der Waals surface area (Å²) >= 11 is 5.97. The van der Waals surface area contributed by atoms with Gasteiger partial charge in [0.1, 0.15) is 15.7 Å². The Morgan fingerprint density at radius 3 is 2.59 bits per heavy atom. The molecule has 0 atom stereocenters. The number of halogens is 2. The van der Waals surface area contributed by atoms with Gasteiger partial charge in [-0.05, 0) is 6.42 Å². The van der Waals surface area contributed by atoms with Crippen LogP contribution in [0.1, 0.15) is 25.5 Å². The van der Waals surface area contributed by atoms with E-state index in [-0.39, 0.29) is 22.3 Å². The van der Waals surface area contributed by atoms with E-state index >= 15 is 0 Å². The van der Waals surface area contributed by atoms with Crippen molar-refractivity contribution in [3.63, 3.8) is 0 Å². The van der Waals surface area contributed by atoms with E-state index in [2.05, 4.69) is 5.10 Å². The Morgan fingerprint density at radius 2 is 2.12 bits per heavy atom. The van der Waals surface area contributed by atoms with Crippen molar-refractivity contribution in [1.29, 1.82) is 0 Å². The van der Waals surface area contributed by atoms with E-state index in [0.717, 1.165) is 12.8 Å². The van der Waals surface area contributed by atoms with Crippen molar-refractivity contribution < 1.29 is 13.2 Å². The molecule has 0 saturated carbocycles. The molecule has 0 radical (unpaired) electrons. The summed E-state index contributed by atoms with van der Waals surface area (Å²) < 4.78 is 29.1. The van der Waals surface area contributed by atoms with E-state index in [9.17, 15) is 8.42 Å². The molecule has 0 spiro atoms. The van der Waals surface area contributed by atoms with Gasteiger partial charge in [0.25, 0.3) is 9.05 Å². The van der Waals surface area contributed by atoms with Gasteiger partial charge in [0.05, 0.1) is 6.61 Å². The Bertz CT molecular complexity index is 485. The van der Waals surface area contributed by atoms with E-state index in [4.69, 9.17) is 27.0 Å². The van der Waals surface area contributed by atoms with Gasteiger partial charge in [-0.25, -0.2) is 8.42 Å². The van der Waals surface area contributed by atoms with Crippen LogP contribution in [-0.4, -0.2) is 25.3 Å². The van der Waals surface area contributed by atoms with Crippen LogP contribution in [0.5, 0.6) is 0 Å². The monoisotopic (exact) mass is 300 g/mol. The Labute approximate surface area is 110 Å². The highest BCUT2D eigenvalue weighted by Crippen LogP contribution is 2.29. The Balaban J connectivity index is 3.21. The number of hydrogen-bond donors (Lipinski definition) is 0. The second kappa shape index (κ2) is 6.04. The van der Waals surface area contributed by atoms with Gasteiger partial charge in [0.2, 0.25) is 0 Å². The molecule has 0 bridgehead atoms. The molecule has 17 heavy (non-hydrogen) atoms. The zero-order valence-electron chi connectivity index (χ0n) is 9.61. The van der Waals surface area contributed by atoms with Gasteiger partial charge in [-0.15, -0.1) is 0 Å². The first-order chi connectivity index (χ1) is 7.91. The minimum Gasteiger partial charge on any atom is -0.378 e. The number of hydrogen-bond acceptors (Lipinski definition) is 4. The lowest BCUT2D eigenvalue weighted by Crippen LogP contribution is -2.00. The molecule has 0 unspecified atom stereocenters. The smallest absolute Gasteiger partial charge is 0.266 e. The average Bonchev–Trinajstić information content (AvgIpc) is 2.52. The fourth-order valence-corrected chi connectivity index (χ4v) is 3.23. The van der Waals surface area contributed by atoms with E-state index in [1.54, 1.807) is 0 Å². The van der Waals surface area contributed by atoms with Crippen LogP contribution in [-0.2, 0) is 26.9 Å². The van der Waals surface area contributed by atoms with Crippen LogP contribution < -0.4 is 0 Å². The third-order valence-corrected chi connectivity index (χ3v) is 4.04. The Morgan fingerprint density at radius 1 is 1.47 bits per heavy atom. The number of methoxy groups -OCH3 is 1. The number of aromatic nitrogens is 2. The van der Waals surface area contributed by atoms with Crippen molar-refractivity contribution in [2.24, 2.45) is 0 Å². The largest absolute Gasteiger partial charge is 0.378 e. The highest BCUT2D eigenvalue weighted by Gasteiger charge is 2.26. The summed E-state index contributed by atoms with van der Waals surface area (Å²) in [6.07, 6.45) is 1.81. The first-order valence-electron chi connectivity index (χ1n) is 5.10. The van der Waals surface area contributed by atoms with Crippen molar-refractivity contribution in [2.75, 3.05) is 7.11 Å². The molecule has 0 N–H and O–H groups in total. The molecule has 0 amide bonds. The summed E-state index contributed by atoms with van der Waals surface area (Å²) in [4.78, 5) is -0.154. The van der Waals surface area contributed by atoms with Gasteiger partial charge in [-0.2, -0.15) is 5.10 Å². The molecule has 0 aliphatic heterocycles. The van der Waals surface area contributed by atoms with Gasteiger partial charge in [0, 0.05) is 24.3 Å². The maximum atomic E-state index is 11.4. The first-order valence-corrected chi connectivity index (χ1v) is 7.79. The lowest BCUT2D eigenvalue weighted by Gasteiger charge is -2.00. The highest BCUT2D eigenvalue weighted by atomic mass is 35.7. The molecule has 0 aromatic carbocycles. The molecule has 0 aliphatic carbocycles. The van der Waals surface area contributed by atoms with Crippen LogP contribution in [0.2, 0.25) is 5.15 Å². The molecule has 1 rings (SSSR count). The summed E-state index contributed by atoms with van der Waals surface area (Å²) in [5, 5.41) is 4.14. The fourth-order valence-electron chi connectivity index (χ4n) is 1.40. The third-order valence-electron chi connectivity index (χ3n) is 2.17. The lowest BCUT2D eigenvalue weighted by atomic mass is 10.3. The third kappa shape index (κ3) is 3.58. The zero-order valence-corrected chi connectivity index (χ0v) is 11.9.